The van der Waals surface area contributed by atoms with Gasteiger partial charge in [-0.05, 0) is 38.1 Å². The highest BCUT2D eigenvalue weighted by Gasteiger charge is 2.16. The summed E-state index contributed by atoms with van der Waals surface area (Å²) in [6.07, 6.45) is 0. The summed E-state index contributed by atoms with van der Waals surface area (Å²) >= 11 is 5.82. The van der Waals surface area contributed by atoms with Gasteiger partial charge in [-0.1, -0.05) is 17.7 Å². The smallest absolute Gasteiger partial charge is 0.267 e. The molecule has 3 rings (SSSR count). The highest BCUT2D eigenvalue weighted by molar-refractivity contribution is 6.30. The molecule has 0 unspecified atom stereocenters. The molecule has 0 radical (unpaired) electrons. The number of halogens is 1. The molecule has 122 valence electrons. The minimum Gasteiger partial charge on any atom is -0.267 e. The van der Waals surface area contributed by atoms with Gasteiger partial charge in [0.2, 0.25) is 5.82 Å². The molecular weight excluding hydrogens is 332 g/mol. The number of nitrogens with zero attached hydrogens (tertiary/aromatic N) is 4. The van der Waals surface area contributed by atoms with Crippen molar-refractivity contribution in [3.63, 3.8) is 0 Å². The molecule has 0 aliphatic heterocycles. The molecule has 0 bridgehead atoms. The number of carbonyl (C=O) groups excluding carboxylic acids is 2. The molecule has 2 N–H and O–H groups in total. The minimum atomic E-state index is -0.645. The SMILES string of the molecule is Cc1cc(C)n2nc(C(=O)NNC(=O)c3cccc(Cl)c3)nc2n1. The number of carbonyl (C=O) groups is 2. The molecule has 0 aliphatic carbocycles. The summed E-state index contributed by atoms with van der Waals surface area (Å²) in [5, 5.41) is 4.50. The van der Waals surface area contributed by atoms with Crippen LogP contribution in [-0.4, -0.2) is 31.4 Å². The van der Waals surface area contributed by atoms with Gasteiger partial charge in [0.25, 0.3) is 11.7 Å². The van der Waals surface area contributed by atoms with Crippen LogP contribution in [0.25, 0.3) is 5.78 Å². The third-order valence-electron chi connectivity index (χ3n) is 3.20. The van der Waals surface area contributed by atoms with Crippen molar-refractivity contribution in [3.8, 4) is 0 Å². The molecule has 9 heteroatoms. The van der Waals surface area contributed by atoms with Crippen LogP contribution < -0.4 is 10.9 Å². The second kappa shape index (κ2) is 6.25. The van der Waals surface area contributed by atoms with Gasteiger partial charge in [-0.2, -0.15) is 4.98 Å². The molecule has 2 amide bonds. The molecule has 0 atom stereocenters. The van der Waals surface area contributed by atoms with Crippen LogP contribution in [0.15, 0.2) is 30.3 Å². The lowest BCUT2D eigenvalue weighted by atomic mass is 10.2. The van der Waals surface area contributed by atoms with E-state index in [2.05, 4.69) is 25.9 Å². The van der Waals surface area contributed by atoms with Crippen molar-refractivity contribution < 1.29 is 9.59 Å². The summed E-state index contributed by atoms with van der Waals surface area (Å²) in [4.78, 5) is 32.3. The van der Waals surface area contributed by atoms with Crippen LogP contribution in [0.5, 0.6) is 0 Å². The normalized spacial score (nSPS) is 10.6. The van der Waals surface area contributed by atoms with E-state index in [1.165, 1.54) is 10.6 Å². The zero-order valence-electron chi connectivity index (χ0n) is 12.9. The number of hydrogen-bond acceptors (Lipinski definition) is 5. The fourth-order valence-corrected chi connectivity index (χ4v) is 2.32. The topological polar surface area (TPSA) is 101 Å². The number of benzene rings is 1. The fraction of sp³-hybridized carbons (Fsp3) is 0.133. The van der Waals surface area contributed by atoms with E-state index in [1.807, 2.05) is 19.9 Å². The van der Waals surface area contributed by atoms with Gasteiger partial charge < -0.3 is 0 Å². The zero-order chi connectivity index (χ0) is 17.3. The number of aromatic nitrogens is 4. The summed E-state index contributed by atoms with van der Waals surface area (Å²) in [7, 11) is 0. The lowest BCUT2D eigenvalue weighted by molar-refractivity contribution is 0.0841. The Bertz CT molecular complexity index is 952. The Morgan fingerprint density at radius 1 is 1.08 bits per heavy atom. The average molecular weight is 345 g/mol. The van der Waals surface area contributed by atoms with Gasteiger partial charge in [0, 0.05) is 22.0 Å². The largest absolute Gasteiger partial charge is 0.309 e. The highest BCUT2D eigenvalue weighted by atomic mass is 35.5. The molecule has 1 aromatic carbocycles. The highest BCUT2D eigenvalue weighted by Crippen LogP contribution is 2.10. The molecule has 2 aromatic heterocycles. The molecular formula is C15H13ClN6O2. The first kappa shape index (κ1) is 15.9. The summed E-state index contributed by atoms with van der Waals surface area (Å²) < 4.78 is 1.46. The van der Waals surface area contributed by atoms with Crippen molar-refractivity contribution in [1.29, 1.82) is 0 Å². The predicted octanol–water partition coefficient (Wildman–Crippen LogP) is 1.47. The van der Waals surface area contributed by atoms with Gasteiger partial charge in [-0.15, -0.1) is 5.10 Å². The van der Waals surface area contributed by atoms with Crippen molar-refractivity contribution in [3.05, 3.63) is 58.1 Å². The van der Waals surface area contributed by atoms with Crippen molar-refractivity contribution in [1.82, 2.24) is 30.4 Å². The van der Waals surface area contributed by atoms with E-state index in [9.17, 15) is 9.59 Å². The van der Waals surface area contributed by atoms with Crippen molar-refractivity contribution in [2.75, 3.05) is 0 Å². The maximum Gasteiger partial charge on any atom is 0.309 e. The van der Waals surface area contributed by atoms with Crippen molar-refractivity contribution in [2.24, 2.45) is 0 Å². The van der Waals surface area contributed by atoms with E-state index in [4.69, 9.17) is 11.6 Å². The van der Waals surface area contributed by atoms with Crippen LogP contribution in [0.2, 0.25) is 5.02 Å². The van der Waals surface area contributed by atoms with Gasteiger partial charge in [0.15, 0.2) is 0 Å². The average Bonchev–Trinajstić information content (AvgIpc) is 2.96. The second-order valence-corrected chi connectivity index (χ2v) is 5.54. The summed E-state index contributed by atoms with van der Waals surface area (Å²) in [6, 6.07) is 8.17. The Kier molecular flexibility index (Phi) is 4.13. The monoisotopic (exact) mass is 344 g/mol. The third kappa shape index (κ3) is 3.18. The van der Waals surface area contributed by atoms with Gasteiger partial charge >= 0.3 is 5.91 Å². The lowest BCUT2D eigenvalue weighted by Crippen LogP contribution is -2.42. The first-order chi connectivity index (χ1) is 11.4. The number of hydrazine groups is 1. The maximum absolute atomic E-state index is 12.1. The van der Waals surface area contributed by atoms with E-state index in [-0.39, 0.29) is 5.82 Å². The van der Waals surface area contributed by atoms with Crippen LogP contribution in [0.1, 0.15) is 32.4 Å². The number of amides is 2. The van der Waals surface area contributed by atoms with Crippen molar-refractivity contribution in [2.45, 2.75) is 13.8 Å². The number of hydrogen-bond donors (Lipinski definition) is 2. The second-order valence-electron chi connectivity index (χ2n) is 5.10. The van der Waals surface area contributed by atoms with E-state index < -0.39 is 11.8 Å². The zero-order valence-corrected chi connectivity index (χ0v) is 13.6. The molecule has 24 heavy (non-hydrogen) atoms. The summed E-state index contributed by atoms with van der Waals surface area (Å²) in [5.74, 6) is -0.922. The quantitative estimate of drug-likeness (QED) is 0.685. The Morgan fingerprint density at radius 2 is 1.83 bits per heavy atom. The maximum atomic E-state index is 12.1. The molecule has 3 aromatic rings. The molecule has 0 fully saturated rings. The molecule has 0 spiro atoms. The van der Waals surface area contributed by atoms with Crippen molar-refractivity contribution >= 4 is 29.2 Å². The molecule has 8 nitrogen and oxygen atoms in total. The standard InChI is InChI=1S/C15H13ClN6O2/c1-8-6-9(2)22-15(17-8)18-12(21-22)14(24)20-19-13(23)10-4-3-5-11(16)7-10/h3-7H,1-2H3,(H,19,23)(H,20,24). The Morgan fingerprint density at radius 3 is 2.58 bits per heavy atom. The fourth-order valence-electron chi connectivity index (χ4n) is 2.13. The molecule has 0 saturated carbocycles. The van der Waals surface area contributed by atoms with Crippen LogP contribution in [0.3, 0.4) is 0 Å². The van der Waals surface area contributed by atoms with Crippen LogP contribution >= 0.6 is 11.6 Å². The van der Waals surface area contributed by atoms with Gasteiger partial charge in [-0.25, -0.2) is 9.50 Å². The van der Waals surface area contributed by atoms with Crippen LogP contribution in [0.4, 0.5) is 0 Å². The van der Waals surface area contributed by atoms with Crippen LogP contribution in [0, 0.1) is 13.8 Å². The Hall–Kier alpha value is -3.00. The molecule has 2 heterocycles. The number of rotatable bonds is 2. The van der Waals surface area contributed by atoms with Gasteiger partial charge in [0.1, 0.15) is 0 Å². The summed E-state index contributed by atoms with van der Waals surface area (Å²) in [6.45, 7) is 3.66. The van der Waals surface area contributed by atoms with E-state index in [0.29, 0.717) is 16.4 Å². The van der Waals surface area contributed by atoms with E-state index >= 15 is 0 Å². The lowest BCUT2D eigenvalue weighted by Gasteiger charge is -2.05. The number of nitrogens with one attached hydrogen (secondary N) is 2. The van der Waals surface area contributed by atoms with E-state index in [1.54, 1.807) is 18.2 Å². The van der Waals surface area contributed by atoms with E-state index in [0.717, 1.165) is 11.4 Å². The number of fused-ring (bicyclic) bond motifs is 1. The van der Waals surface area contributed by atoms with Gasteiger partial charge in [-0.3, -0.25) is 20.4 Å². The Labute approximate surface area is 141 Å². The predicted molar refractivity (Wildman–Crippen MR) is 86.6 cm³/mol. The van der Waals surface area contributed by atoms with Crippen LogP contribution in [-0.2, 0) is 0 Å². The minimum absolute atomic E-state index is 0.0948. The summed E-state index contributed by atoms with van der Waals surface area (Å²) in [5.41, 5.74) is 6.44. The molecule has 0 aliphatic rings. The number of aryl methyl sites for hydroxylation is 2. The first-order valence-corrected chi connectivity index (χ1v) is 7.39. The third-order valence-corrected chi connectivity index (χ3v) is 3.43. The first-order valence-electron chi connectivity index (χ1n) is 7.01. The Balaban J connectivity index is 1.73. The van der Waals surface area contributed by atoms with Gasteiger partial charge in [0.05, 0.1) is 0 Å². The molecule has 0 saturated heterocycles.